The molecule has 0 spiro atoms. The van der Waals surface area contributed by atoms with Crippen molar-refractivity contribution < 1.29 is 9.53 Å². The van der Waals surface area contributed by atoms with E-state index in [0.29, 0.717) is 13.1 Å². The van der Waals surface area contributed by atoms with Crippen molar-refractivity contribution in [3.63, 3.8) is 0 Å². The number of ether oxygens (including phenoxy) is 1. The van der Waals surface area contributed by atoms with E-state index in [4.69, 9.17) is 4.74 Å². The fraction of sp³-hybridized carbons (Fsp3) is 0.474. The quantitative estimate of drug-likeness (QED) is 0.847. The van der Waals surface area contributed by atoms with Gasteiger partial charge in [-0.25, -0.2) is 4.79 Å². The second-order valence-corrected chi connectivity index (χ2v) is 6.81. The predicted octanol–water partition coefficient (Wildman–Crippen LogP) is 3.07. The zero-order valence-corrected chi connectivity index (χ0v) is 14.9. The van der Waals surface area contributed by atoms with Gasteiger partial charge in [0.05, 0.1) is 19.3 Å². The molecule has 1 fully saturated rings. The van der Waals surface area contributed by atoms with Gasteiger partial charge in [0.2, 0.25) is 0 Å². The average molecular weight is 342 g/mol. The van der Waals surface area contributed by atoms with Gasteiger partial charge in [0.1, 0.15) is 5.75 Å². The number of hydrogen-bond acceptors (Lipinski definition) is 3. The zero-order chi connectivity index (χ0) is 17.7. The molecule has 134 valence electrons. The minimum absolute atomic E-state index is 0.0246. The van der Waals surface area contributed by atoms with Crippen LogP contribution < -0.4 is 10.1 Å². The Balaban J connectivity index is 1.64. The number of carbonyl (C=O) groups is 1. The molecule has 6 heteroatoms. The van der Waals surface area contributed by atoms with E-state index in [1.807, 2.05) is 18.2 Å². The highest BCUT2D eigenvalue weighted by atomic mass is 16.5. The van der Waals surface area contributed by atoms with Crippen molar-refractivity contribution in [1.82, 2.24) is 20.4 Å². The molecule has 2 aromatic rings. The monoisotopic (exact) mass is 342 g/mol. The first-order chi connectivity index (χ1) is 12.1. The lowest BCUT2D eigenvalue weighted by Gasteiger charge is -2.31. The van der Waals surface area contributed by atoms with Crippen molar-refractivity contribution in [2.75, 3.05) is 20.7 Å². The van der Waals surface area contributed by atoms with E-state index >= 15 is 0 Å². The Kier molecular flexibility index (Phi) is 5.26. The second kappa shape index (κ2) is 7.59. The van der Waals surface area contributed by atoms with Crippen LogP contribution in [0.25, 0.3) is 0 Å². The molecule has 0 radical (unpaired) electrons. The first-order valence-corrected chi connectivity index (χ1v) is 8.75. The first-order valence-electron chi connectivity index (χ1n) is 8.75. The van der Waals surface area contributed by atoms with Crippen LogP contribution in [0, 0.1) is 0 Å². The summed E-state index contributed by atoms with van der Waals surface area (Å²) in [5.74, 6) is 0.861. The zero-order valence-electron chi connectivity index (χ0n) is 14.9. The molecule has 3 rings (SSSR count). The highest BCUT2D eigenvalue weighted by Gasteiger charge is 2.36. The van der Waals surface area contributed by atoms with Crippen LogP contribution in [-0.4, -0.2) is 41.8 Å². The molecular formula is C19H26N4O2. The number of methoxy groups -OCH3 is 1. The molecule has 1 heterocycles. The number of amides is 2. The van der Waals surface area contributed by atoms with Gasteiger partial charge in [0.15, 0.2) is 0 Å². The lowest BCUT2D eigenvalue weighted by atomic mass is 9.79. The number of nitrogens with one attached hydrogen (secondary N) is 2. The van der Waals surface area contributed by atoms with Crippen LogP contribution in [0.3, 0.4) is 0 Å². The molecule has 0 atom stereocenters. The molecule has 0 bridgehead atoms. The molecular weight excluding hydrogens is 316 g/mol. The van der Waals surface area contributed by atoms with Crippen molar-refractivity contribution in [2.45, 2.75) is 37.6 Å². The number of aromatic amines is 1. The summed E-state index contributed by atoms with van der Waals surface area (Å²) in [4.78, 5) is 14.1. The summed E-state index contributed by atoms with van der Waals surface area (Å²) in [5.41, 5.74) is 2.22. The number of nitrogens with zero attached hydrogens (tertiary/aromatic N) is 2. The van der Waals surface area contributed by atoms with Gasteiger partial charge in [0.25, 0.3) is 0 Å². The highest BCUT2D eigenvalue weighted by Crippen LogP contribution is 2.41. The fourth-order valence-electron chi connectivity index (χ4n) is 3.64. The van der Waals surface area contributed by atoms with Crippen molar-refractivity contribution >= 4 is 6.03 Å². The van der Waals surface area contributed by atoms with Gasteiger partial charge < -0.3 is 15.0 Å². The van der Waals surface area contributed by atoms with Crippen LogP contribution in [0.15, 0.2) is 36.5 Å². The van der Waals surface area contributed by atoms with E-state index in [9.17, 15) is 4.79 Å². The van der Waals surface area contributed by atoms with E-state index in [0.717, 1.165) is 24.3 Å². The van der Waals surface area contributed by atoms with E-state index in [-0.39, 0.29) is 11.4 Å². The Bertz CT molecular complexity index is 676. The maximum atomic E-state index is 12.5. The molecule has 2 N–H and O–H groups in total. The molecule has 1 aromatic heterocycles. The van der Waals surface area contributed by atoms with E-state index < -0.39 is 0 Å². The Morgan fingerprint density at radius 2 is 2.00 bits per heavy atom. The first kappa shape index (κ1) is 17.3. The topological polar surface area (TPSA) is 70.2 Å². The Labute approximate surface area is 148 Å². The van der Waals surface area contributed by atoms with Crippen molar-refractivity contribution in [1.29, 1.82) is 0 Å². The summed E-state index contributed by atoms with van der Waals surface area (Å²) >= 11 is 0. The molecule has 1 saturated carbocycles. The fourth-order valence-corrected chi connectivity index (χ4v) is 3.64. The number of benzene rings is 1. The van der Waals surface area contributed by atoms with Crippen LogP contribution in [0.4, 0.5) is 4.79 Å². The molecule has 1 aliphatic rings. The third-order valence-corrected chi connectivity index (χ3v) is 5.15. The summed E-state index contributed by atoms with van der Waals surface area (Å²) in [6, 6.07) is 10.1. The Morgan fingerprint density at radius 1 is 1.28 bits per heavy atom. The van der Waals surface area contributed by atoms with Crippen LogP contribution in [0.1, 0.15) is 36.9 Å². The van der Waals surface area contributed by atoms with Gasteiger partial charge in [-0.2, -0.15) is 5.10 Å². The van der Waals surface area contributed by atoms with Gasteiger partial charge in [-0.1, -0.05) is 25.0 Å². The number of H-pyrrole nitrogens is 1. The molecule has 25 heavy (non-hydrogen) atoms. The molecule has 1 aliphatic carbocycles. The summed E-state index contributed by atoms with van der Waals surface area (Å²) in [5, 5.41) is 9.92. The number of urea groups is 1. The third kappa shape index (κ3) is 3.95. The third-order valence-electron chi connectivity index (χ3n) is 5.15. The summed E-state index contributed by atoms with van der Waals surface area (Å²) < 4.78 is 5.26. The maximum absolute atomic E-state index is 12.5. The Hall–Kier alpha value is -2.50. The van der Waals surface area contributed by atoms with E-state index in [2.05, 4.69) is 27.6 Å². The van der Waals surface area contributed by atoms with Crippen molar-refractivity contribution in [3.05, 3.63) is 47.8 Å². The summed E-state index contributed by atoms with van der Waals surface area (Å²) in [7, 11) is 3.47. The van der Waals surface area contributed by atoms with Crippen molar-refractivity contribution in [3.8, 4) is 5.75 Å². The predicted molar refractivity (Wildman–Crippen MR) is 96.6 cm³/mol. The maximum Gasteiger partial charge on any atom is 0.317 e. The Morgan fingerprint density at radius 3 is 2.60 bits per heavy atom. The van der Waals surface area contributed by atoms with Gasteiger partial charge in [0, 0.05) is 25.2 Å². The van der Waals surface area contributed by atoms with E-state index in [1.165, 1.54) is 18.4 Å². The summed E-state index contributed by atoms with van der Waals surface area (Å²) in [6.07, 6.45) is 6.30. The molecule has 0 saturated heterocycles. The van der Waals surface area contributed by atoms with Gasteiger partial charge >= 0.3 is 6.03 Å². The normalized spacial score (nSPS) is 15.8. The SMILES string of the molecule is COc1ccc(C2(CNC(=O)N(C)Cc3ccn[nH]3)CCCC2)cc1. The van der Waals surface area contributed by atoms with Crippen LogP contribution in [-0.2, 0) is 12.0 Å². The largest absolute Gasteiger partial charge is 0.497 e. The molecule has 0 aliphatic heterocycles. The average Bonchev–Trinajstić information content (AvgIpc) is 3.32. The standard InChI is InChI=1S/C19H26N4O2/c1-23(13-16-9-12-21-22-16)18(24)20-14-19(10-3-4-11-19)15-5-7-17(25-2)8-6-15/h5-9,12H,3-4,10-11,13-14H2,1-2H3,(H,20,24)(H,21,22). The van der Waals surface area contributed by atoms with Crippen molar-refractivity contribution in [2.24, 2.45) is 0 Å². The number of aromatic nitrogens is 2. The van der Waals surface area contributed by atoms with Crippen LogP contribution >= 0.6 is 0 Å². The second-order valence-electron chi connectivity index (χ2n) is 6.81. The number of rotatable bonds is 6. The molecule has 6 nitrogen and oxygen atoms in total. The van der Waals surface area contributed by atoms with Crippen LogP contribution in [0.5, 0.6) is 5.75 Å². The summed E-state index contributed by atoms with van der Waals surface area (Å²) in [6.45, 7) is 1.17. The lowest BCUT2D eigenvalue weighted by Crippen LogP contribution is -2.44. The minimum atomic E-state index is -0.0608. The smallest absolute Gasteiger partial charge is 0.317 e. The van der Waals surface area contributed by atoms with Gasteiger partial charge in [-0.3, -0.25) is 5.10 Å². The van der Waals surface area contributed by atoms with Gasteiger partial charge in [-0.15, -0.1) is 0 Å². The molecule has 0 unspecified atom stereocenters. The number of hydrogen-bond donors (Lipinski definition) is 2. The van der Waals surface area contributed by atoms with Crippen LogP contribution in [0.2, 0.25) is 0 Å². The molecule has 2 amide bonds. The van der Waals surface area contributed by atoms with E-state index in [1.54, 1.807) is 25.3 Å². The highest BCUT2D eigenvalue weighted by molar-refractivity contribution is 5.74. The van der Waals surface area contributed by atoms with Gasteiger partial charge in [-0.05, 0) is 36.6 Å². The minimum Gasteiger partial charge on any atom is -0.497 e. The number of carbonyl (C=O) groups excluding carboxylic acids is 1. The lowest BCUT2D eigenvalue weighted by molar-refractivity contribution is 0.202. The molecule has 1 aromatic carbocycles.